The van der Waals surface area contributed by atoms with Crippen molar-refractivity contribution in [1.29, 1.82) is 0 Å². The molecule has 0 atom stereocenters. The molecule has 3 aromatic rings. The maximum atomic E-state index is 13.2. The van der Waals surface area contributed by atoms with Gasteiger partial charge in [0.15, 0.2) is 5.52 Å². The van der Waals surface area contributed by atoms with Crippen LogP contribution in [0, 0.1) is 6.92 Å². The second kappa shape index (κ2) is 9.03. The number of benzene rings is 1. The van der Waals surface area contributed by atoms with Crippen molar-refractivity contribution in [2.75, 3.05) is 33.4 Å². The molecule has 0 bridgehead atoms. The van der Waals surface area contributed by atoms with E-state index < -0.39 is 0 Å². The van der Waals surface area contributed by atoms with Gasteiger partial charge in [0.25, 0.3) is 5.56 Å². The molecule has 1 aliphatic heterocycles. The van der Waals surface area contributed by atoms with Gasteiger partial charge < -0.3 is 14.5 Å². The summed E-state index contributed by atoms with van der Waals surface area (Å²) >= 11 is 0. The third-order valence-electron chi connectivity index (χ3n) is 6.68. The Hall–Kier alpha value is -2.71. The Balaban J connectivity index is 1.50. The predicted molar refractivity (Wildman–Crippen MR) is 123 cm³/mol. The first-order chi connectivity index (χ1) is 15.6. The normalized spacial score (nSPS) is 18.3. The van der Waals surface area contributed by atoms with Crippen LogP contribution in [0.3, 0.4) is 0 Å². The van der Waals surface area contributed by atoms with Gasteiger partial charge in [-0.1, -0.05) is 25.3 Å². The van der Waals surface area contributed by atoms with Crippen LogP contribution >= 0.6 is 0 Å². The number of nitrogens with one attached hydrogen (secondary N) is 1. The average Bonchev–Trinajstić information content (AvgIpc) is 3.17. The highest BCUT2D eigenvalue weighted by Crippen LogP contribution is 2.32. The number of aromatic nitrogens is 4. The lowest BCUT2D eigenvalue weighted by molar-refractivity contribution is 0.0342. The van der Waals surface area contributed by atoms with Gasteiger partial charge in [-0.05, 0) is 37.5 Å². The molecule has 32 heavy (non-hydrogen) atoms. The van der Waals surface area contributed by atoms with E-state index in [1.165, 1.54) is 19.3 Å². The molecular weight excluding hydrogens is 406 g/mol. The number of hydrogen-bond acceptors (Lipinski definition) is 6. The van der Waals surface area contributed by atoms with Crippen LogP contribution in [0.4, 0.5) is 0 Å². The van der Waals surface area contributed by atoms with Crippen LogP contribution in [0.25, 0.3) is 22.4 Å². The summed E-state index contributed by atoms with van der Waals surface area (Å²) in [5, 5.41) is 4.72. The number of methoxy groups -OCH3 is 1. The summed E-state index contributed by atoms with van der Waals surface area (Å²) in [6.07, 6.45) is 5.76. The molecule has 0 amide bonds. The Morgan fingerprint density at radius 1 is 1.19 bits per heavy atom. The Kier molecular flexibility index (Phi) is 5.97. The molecule has 1 saturated heterocycles. The van der Waals surface area contributed by atoms with Gasteiger partial charge in [-0.3, -0.25) is 14.4 Å². The van der Waals surface area contributed by atoms with E-state index in [1.54, 1.807) is 7.11 Å². The smallest absolute Gasteiger partial charge is 0.277 e. The minimum absolute atomic E-state index is 0.143. The second-order valence-electron chi connectivity index (χ2n) is 8.86. The van der Waals surface area contributed by atoms with E-state index in [9.17, 15) is 4.79 Å². The van der Waals surface area contributed by atoms with Crippen molar-refractivity contribution in [2.45, 2.75) is 51.6 Å². The minimum Gasteiger partial charge on any atom is -0.496 e. The first-order valence-corrected chi connectivity index (χ1v) is 11.6. The number of rotatable bonds is 5. The zero-order valence-corrected chi connectivity index (χ0v) is 18.9. The van der Waals surface area contributed by atoms with Gasteiger partial charge in [-0.2, -0.15) is 5.10 Å². The fraction of sp³-hybridized carbons (Fsp3) is 0.542. The van der Waals surface area contributed by atoms with Crippen LogP contribution in [-0.4, -0.2) is 58.1 Å². The molecule has 5 rings (SSSR count). The zero-order chi connectivity index (χ0) is 22.1. The summed E-state index contributed by atoms with van der Waals surface area (Å²) in [5.41, 5.74) is 3.85. The van der Waals surface area contributed by atoms with Crippen LogP contribution in [-0.2, 0) is 11.3 Å². The molecule has 1 saturated carbocycles. The Labute approximate surface area is 187 Å². The van der Waals surface area contributed by atoms with Crippen molar-refractivity contribution < 1.29 is 9.47 Å². The Morgan fingerprint density at radius 3 is 2.72 bits per heavy atom. The van der Waals surface area contributed by atoms with Gasteiger partial charge in [0.1, 0.15) is 17.1 Å². The summed E-state index contributed by atoms with van der Waals surface area (Å²) < 4.78 is 13.0. The van der Waals surface area contributed by atoms with E-state index in [2.05, 4.69) is 16.0 Å². The molecule has 2 aliphatic rings. The zero-order valence-electron chi connectivity index (χ0n) is 18.9. The number of hydrogen-bond donors (Lipinski definition) is 1. The Morgan fingerprint density at radius 2 is 1.97 bits per heavy atom. The number of fused-ring (bicyclic) bond motifs is 1. The molecule has 3 heterocycles. The van der Waals surface area contributed by atoms with Gasteiger partial charge in [-0.15, -0.1) is 0 Å². The largest absolute Gasteiger partial charge is 0.496 e. The molecule has 2 fully saturated rings. The quantitative estimate of drug-likeness (QED) is 0.658. The van der Waals surface area contributed by atoms with E-state index >= 15 is 0 Å². The summed E-state index contributed by atoms with van der Waals surface area (Å²) in [5.74, 6) is 1.22. The van der Waals surface area contributed by atoms with Gasteiger partial charge in [0, 0.05) is 19.6 Å². The average molecular weight is 438 g/mol. The van der Waals surface area contributed by atoms with Crippen molar-refractivity contribution in [3.8, 4) is 17.1 Å². The summed E-state index contributed by atoms with van der Waals surface area (Å²) in [6, 6.07) is 6.38. The molecule has 0 unspecified atom stereocenters. The summed E-state index contributed by atoms with van der Waals surface area (Å²) in [7, 11) is 1.65. The topological polar surface area (TPSA) is 85.3 Å². The third-order valence-corrected chi connectivity index (χ3v) is 6.68. The molecule has 0 spiro atoms. The lowest BCUT2D eigenvalue weighted by Crippen LogP contribution is -2.35. The highest BCUT2D eigenvalue weighted by molar-refractivity contribution is 5.79. The lowest BCUT2D eigenvalue weighted by atomic mass is 9.95. The number of morpholine rings is 1. The maximum Gasteiger partial charge on any atom is 0.277 e. The van der Waals surface area contributed by atoms with E-state index in [0.29, 0.717) is 22.6 Å². The first kappa shape index (κ1) is 21.2. The van der Waals surface area contributed by atoms with E-state index in [-0.39, 0.29) is 11.6 Å². The number of aromatic amines is 1. The van der Waals surface area contributed by atoms with Gasteiger partial charge in [0.05, 0.1) is 37.6 Å². The van der Waals surface area contributed by atoms with Crippen LogP contribution in [0.5, 0.6) is 5.75 Å². The SMILES string of the molecule is COc1cc(CN2CCOCC2)ccc1-c1nc2c(C)nn(C3CCCCC3)c2c(=O)[nH]1. The van der Waals surface area contributed by atoms with E-state index in [0.717, 1.165) is 62.5 Å². The van der Waals surface area contributed by atoms with Crippen molar-refractivity contribution in [1.82, 2.24) is 24.6 Å². The third kappa shape index (κ3) is 4.04. The summed E-state index contributed by atoms with van der Waals surface area (Å²) in [6.45, 7) is 6.18. The fourth-order valence-electron chi connectivity index (χ4n) is 4.96. The van der Waals surface area contributed by atoms with Crippen molar-refractivity contribution in [3.63, 3.8) is 0 Å². The van der Waals surface area contributed by atoms with E-state index in [1.807, 2.05) is 23.7 Å². The number of aryl methyl sites for hydroxylation is 1. The van der Waals surface area contributed by atoms with Crippen molar-refractivity contribution >= 4 is 11.0 Å². The molecule has 1 aromatic carbocycles. The number of nitrogens with zero attached hydrogens (tertiary/aromatic N) is 4. The molecule has 2 aromatic heterocycles. The summed E-state index contributed by atoms with van der Waals surface area (Å²) in [4.78, 5) is 23.4. The van der Waals surface area contributed by atoms with Crippen LogP contribution in [0.15, 0.2) is 23.0 Å². The number of ether oxygens (including phenoxy) is 2. The van der Waals surface area contributed by atoms with Crippen LogP contribution < -0.4 is 10.3 Å². The minimum atomic E-state index is -0.143. The van der Waals surface area contributed by atoms with Gasteiger partial charge in [-0.25, -0.2) is 4.98 Å². The van der Waals surface area contributed by atoms with Crippen molar-refractivity contribution in [2.24, 2.45) is 0 Å². The van der Waals surface area contributed by atoms with Crippen molar-refractivity contribution in [3.05, 3.63) is 39.8 Å². The molecule has 1 N–H and O–H groups in total. The molecular formula is C24H31N5O3. The second-order valence-corrected chi connectivity index (χ2v) is 8.86. The van der Waals surface area contributed by atoms with Crippen LogP contribution in [0.2, 0.25) is 0 Å². The molecule has 0 radical (unpaired) electrons. The highest BCUT2D eigenvalue weighted by Gasteiger charge is 2.23. The molecule has 1 aliphatic carbocycles. The fourth-order valence-corrected chi connectivity index (χ4v) is 4.96. The molecule has 170 valence electrons. The highest BCUT2D eigenvalue weighted by atomic mass is 16.5. The van der Waals surface area contributed by atoms with E-state index in [4.69, 9.17) is 19.6 Å². The molecule has 8 nitrogen and oxygen atoms in total. The Bertz CT molecular complexity index is 1160. The predicted octanol–water partition coefficient (Wildman–Crippen LogP) is 3.44. The standard InChI is InChI=1S/C24H31N5O3/c1-16-21-22(29(27-16)18-6-4-3-5-7-18)24(30)26-23(25-21)19-9-8-17(14-20(19)31-2)15-28-10-12-32-13-11-28/h8-9,14,18H,3-7,10-13,15H2,1-2H3,(H,25,26,30). The van der Waals surface area contributed by atoms with Gasteiger partial charge >= 0.3 is 0 Å². The van der Waals surface area contributed by atoms with Crippen LogP contribution in [0.1, 0.15) is 49.4 Å². The lowest BCUT2D eigenvalue weighted by Gasteiger charge is -2.26. The number of H-pyrrole nitrogens is 1. The monoisotopic (exact) mass is 437 g/mol. The first-order valence-electron chi connectivity index (χ1n) is 11.6. The molecule has 8 heteroatoms. The maximum absolute atomic E-state index is 13.2. The van der Waals surface area contributed by atoms with Gasteiger partial charge in [0.2, 0.25) is 0 Å².